The minimum absolute atomic E-state index is 0.0897. The molecule has 0 fully saturated rings. The Labute approximate surface area is 127 Å². The van der Waals surface area contributed by atoms with Crippen LogP contribution in [-0.2, 0) is 13.7 Å². The van der Waals surface area contributed by atoms with Gasteiger partial charge in [0.15, 0.2) is 11.5 Å². The van der Waals surface area contributed by atoms with E-state index in [2.05, 4.69) is 31.0 Å². The van der Waals surface area contributed by atoms with E-state index in [9.17, 15) is 4.39 Å². The van der Waals surface area contributed by atoms with Gasteiger partial charge in [0.1, 0.15) is 24.0 Å². The highest BCUT2D eigenvalue weighted by Crippen LogP contribution is 2.22. The number of anilines is 1. The lowest BCUT2D eigenvalue weighted by molar-refractivity contribution is 0.295. The molecule has 3 aromatic rings. The van der Waals surface area contributed by atoms with Crippen LogP contribution in [0.3, 0.4) is 0 Å². The summed E-state index contributed by atoms with van der Waals surface area (Å²) in [5.74, 6) is 0.749. The van der Waals surface area contributed by atoms with Crippen LogP contribution in [0.1, 0.15) is 5.82 Å². The summed E-state index contributed by atoms with van der Waals surface area (Å²) in [5, 5.41) is 4.77. The third-order valence-electron chi connectivity index (χ3n) is 2.93. The molecule has 6 nitrogen and oxygen atoms in total. The molecule has 2 heterocycles. The Morgan fingerprint density at radius 2 is 2.19 bits per heavy atom. The summed E-state index contributed by atoms with van der Waals surface area (Å²) in [6, 6.07) is 4.51. The quantitative estimate of drug-likeness (QED) is 0.783. The van der Waals surface area contributed by atoms with Crippen LogP contribution in [0.25, 0.3) is 11.0 Å². The van der Waals surface area contributed by atoms with Gasteiger partial charge in [-0.15, -0.1) is 0 Å². The van der Waals surface area contributed by atoms with Gasteiger partial charge in [0, 0.05) is 13.1 Å². The molecular formula is C13H11BrFN5O. The zero-order valence-electron chi connectivity index (χ0n) is 11.0. The van der Waals surface area contributed by atoms with E-state index in [1.165, 1.54) is 6.07 Å². The molecule has 0 aliphatic rings. The molecule has 0 amide bonds. The Morgan fingerprint density at radius 1 is 1.38 bits per heavy atom. The number of nitrogens with two attached hydrogens (primary N) is 1. The SMILES string of the molecule is Cn1ncc2c(N)nc(COc3ccc(Br)c(F)c3)nc21. The fourth-order valence-electron chi connectivity index (χ4n) is 1.87. The Morgan fingerprint density at radius 3 is 2.95 bits per heavy atom. The average molecular weight is 352 g/mol. The van der Waals surface area contributed by atoms with Crippen LogP contribution in [0, 0.1) is 5.82 Å². The van der Waals surface area contributed by atoms with E-state index in [1.807, 2.05) is 0 Å². The van der Waals surface area contributed by atoms with Gasteiger partial charge in [0.05, 0.1) is 16.1 Å². The number of aryl methyl sites for hydroxylation is 1. The first-order valence-corrected chi connectivity index (χ1v) is 6.86. The predicted octanol–water partition coefficient (Wildman–Crippen LogP) is 2.43. The van der Waals surface area contributed by atoms with Crippen molar-refractivity contribution in [1.29, 1.82) is 0 Å². The summed E-state index contributed by atoms with van der Waals surface area (Å²) < 4.78 is 20.9. The van der Waals surface area contributed by atoms with Crippen molar-refractivity contribution in [2.24, 2.45) is 7.05 Å². The topological polar surface area (TPSA) is 78.9 Å². The molecule has 0 aliphatic carbocycles. The Balaban J connectivity index is 1.84. The number of ether oxygens (including phenoxy) is 1. The molecule has 0 saturated heterocycles. The number of halogens is 2. The van der Waals surface area contributed by atoms with Crippen molar-refractivity contribution >= 4 is 32.8 Å². The minimum atomic E-state index is -0.394. The predicted molar refractivity (Wildman–Crippen MR) is 79.1 cm³/mol. The summed E-state index contributed by atoms with van der Waals surface area (Å²) in [6.07, 6.45) is 1.61. The molecule has 0 radical (unpaired) electrons. The van der Waals surface area contributed by atoms with Crippen molar-refractivity contribution in [2.75, 3.05) is 5.73 Å². The lowest BCUT2D eigenvalue weighted by Gasteiger charge is -2.07. The molecule has 0 aliphatic heterocycles. The summed E-state index contributed by atoms with van der Waals surface area (Å²) in [6.45, 7) is 0.0897. The minimum Gasteiger partial charge on any atom is -0.486 e. The van der Waals surface area contributed by atoms with E-state index in [0.717, 1.165) is 0 Å². The van der Waals surface area contributed by atoms with Crippen LogP contribution in [0.15, 0.2) is 28.9 Å². The third kappa shape index (κ3) is 2.66. The van der Waals surface area contributed by atoms with Crippen molar-refractivity contribution in [3.05, 3.63) is 40.5 Å². The Hall–Kier alpha value is -2.22. The maximum Gasteiger partial charge on any atom is 0.170 e. The molecule has 2 aromatic heterocycles. The number of nitrogen functional groups attached to an aromatic ring is 1. The van der Waals surface area contributed by atoms with Crippen LogP contribution >= 0.6 is 15.9 Å². The number of fused-ring (bicyclic) bond motifs is 1. The first-order valence-electron chi connectivity index (χ1n) is 6.06. The van der Waals surface area contributed by atoms with Gasteiger partial charge in [-0.3, -0.25) is 4.68 Å². The highest BCUT2D eigenvalue weighted by molar-refractivity contribution is 9.10. The van der Waals surface area contributed by atoms with Crippen molar-refractivity contribution in [2.45, 2.75) is 6.61 Å². The second kappa shape index (κ2) is 5.28. The molecule has 0 atom stereocenters. The monoisotopic (exact) mass is 351 g/mol. The molecular weight excluding hydrogens is 341 g/mol. The molecule has 8 heteroatoms. The number of benzene rings is 1. The standard InChI is InChI=1S/C13H11BrFN5O/c1-20-13-8(5-17-20)12(16)18-11(19-13)6-21-7-2-3-9(14)10(15)4-7/h2-5H,6H2,1H3,(H2,16,18,19). The summed E-state index contributed by atoms with van der Waals surface area (Å²) in [7, 11) is 1.77. The fourth-order valence-corrected chi connectivity index (χ4v) is 2.12. The lowest BCUT2D eigenvalue weighted by Crippen LogP contribution is -2.06. The van der Waals surface area contributed by atoms with Crippen molar-refractivity contribution in [3.63, 3.8) is 0 Å². The summed E-state index contributed by atoms with van der Waals surface area (Å²) in [5.41, 5.74) is 6.48. The average Bonchev–Trinajstić information content (AvgIpc) is 2.83. The Bertz CT molecular complexity index is 820. The molecule has 0 saturated carbocycles. The van der Waals surface area contributed by atoms with Gasteiger partial charge in [-0.1, -0.05) is 0 Å². The first kappa shape index (κ1) is 13.7. The maximum atomic E-state index is 13.4. The van der Waals surface area contributed by atoms with Gasteiger partial charge in [0.2, 0.25) is 0 Å². The largest absolute Gasteiger partial charge is 0.486 e. The molecule has 1 aromatic carbocycles. The maximum absolute atomic E-state index is 13.4. The molecule has 3 rings (SSSR count). The van der Waals surface area contributed by atoms with E-state index < -0.39 is 5.82 Å². The summed E-state index contributed by atoms with van der Waals surface area (Å²) >= 11 is 3.08. The second-order valence-electron chi connectivity index (χ2n) is 4.40. The van der Waals surface area contributed by atoms with E-state index in [0.29, 0.717) is 32.9 Å². The van der Waals surface area contributed by atoms with Crippen molar-refractivity contribution in [3.8, 4) is 5.75 Å². The third-order valence-corrected chi connectivity index (χ3v) is 3.57. The van der Waals surface area contributed by atoms with Crippen LogP contribution in [0.4, 0.5) is 10.2 Å². The van der Waals surface area contributed by atoms with E-state index in [1.54, 1.807) is 30.1 Å². The highest BCUT2D eigenvalue weighted by Gasteiger charge is 2.10. The van der Waals surface area contributed by atoms with Crippen molar-refractivity contribution < 1.29 is 9.13 Å². The molecule has 0 unspecified atom stereocenters. The van der Waals surface area contributed by atoms with E-state index in [-0.39, 0.29) is 6.61 Å². The molecule has 0 spiro atoms. The van der Waals surface area contributed by atoms with Gasteiger partial charge >= 0.3 is 0 Å². The number of rotatable bonds is 3. The summed E-state index contributed by atoms with van der Waals surface area (Å²) in [4.78, 5) is 8.49. The van der Waals surface area contributed by atoms with Gasteiger partial charge in [-0.2, -0.15) is 5.10 Å². The molecule has 108 valence electrons. The Kier molecular flexibility index (Phi) is 3.46. The number of hydrogen-bond donors (Lipinski definition) is 1. The van der Waals surface area contributed by atoms with Gasteiger partial charge < -0.3 is 10.5 Å². The number of nitrogens with zero attached hydrogens (tertiary/aromatic N) is 4. The van der Waals surface area contributed by atoms with Gasteiger partial charge in [-0.25, -0.2) is 14.4 Å². The van der Waals surface area contributed by atoms with E-state index in [4.69, 9.17) is 10.5 Å². The van der Waals surface area contributed by atoms with Crippen LogP contribution < -0.4 is 10.5 Å². The second-order valence-corrected chi connectivity index (χ2v) is 5.25. The molecule has 21 heavy (non-hydrogen) atoms. The lowest BCUT2D eigenvalue weighted by atomic mass is 10.3. The number of hydrogen-bond acceptors (Lipinski definition) is 5. The van der Waals surface area contributed by atoms with Gasteiger partial charge in [-0.05, 0) is 28.1 Å². The van der Waals surface area contributed by atoms with Crippen molar-refractivity contribution in [1.82, 2.24) is 19.7 Å². The smallest absolute Gasteiger partial charge is 0.170 e. The van der Waals surface area contributed by atoms with Crippen LogP contribution in [0.2, 0.25) is 0 Å². The zero-order chi connectivity index (χ0) is 15.0. The fraction of sp³-hybridized carbons (Fsp3) is 0.154. The molecule has 2 N–H and O–H groups in total. The molecule has 0 bridgehead atoms. The van der Waals surface area contributed by atoms with Crippen LogP contribution in [-0.4, -0.2) is 19.7 Å². The number of aromatic nitrogens is 4. The first-order chi connectivity index (χ1) is 10.0. The normalized spacial score (nSPS) is 11.0. The zero-order valence-corrected chi connectivity index (χ0v) is 12.6. The van der Waals surface area contributed by atoms with Gasteiger partial charge in [0.25, 0.3) is 0 Å². The van der Waals surface area contributed by atoms with E-state index >= 15 is 0 Å². The highest BCUT2D eigenvalue weighted by atomic mass is 79.9. The van der Waals surface area contributed by atoms with Crippen LogP contribution in [0.5, 0.6) is 5.75 Å².